The Kier molecular flexibility index (Phi) is 3.46. The van der Waals surface area contributed by atoms with Crippen molar-refractivity contribution in [1.29, 1.82) is 0 Å². The number of fused-ring (bicyclic) bond motifs is 1. The van der Waals surface area contributed by atoms with E-state index in [1.165, 1.54) is 4.88 Å². The second-order valence-electron chi connectivity index (χ2n) is 4.44. The van der Waals surface area contributed by atoms with Gasteiger partial charge in [0.1, 0.15) is 16.4 Å². The van der Waals surface area contributed by atoms with Gasteiger partial charge < -0.3 is 10.4 Å². The van der Waals surface area contributed by atoms with Crippen LogP contribution in [0.1, 0.15) is 10.4 Å². The van der Waals surface area contributed by atoms with E-state index >= 15 is 0 Å². The Morgan fingerprint density at radius 3 is 2.75 bits per heavy atom. The fraction of sp³-hybridized carbons (Fsp3) is 0.143. The maximum atomic E-state index is 9.27. The van der Waals surface area contributed by atoms with Crippen molar-refractivity contribution in [2.24, 2.45) is 0 Å². The summed E-state index contributed by atoms with van der Waals surface area (Å²) in [6, 6.07) is 9.10. The summed E-state index contributed by atoms with van der Waals surface area (Å²) in [5.74, 6) is 0.993. The maximum Gasteiger partial charge on any atom is 0.225 e. The average Bonchev–Trinajstić information content (AvgIpc) is 2.78. The summed E-state index contributed by atoms with van der Waals surface area (Å²) in [5, 5.41) is 13.8. The van der Waals surface area contributed by atoms with Crippen molar-refractivity contribution in [1.82, 2.24) is 9.97 Å². The Balaban J connectivity index is 1.88. The number of rotatable bonds is 3. The van der Waals surface area contributed by atoms with E-state index in [0.717, 1.165) is 21.6 Å². The van der Waals surface area contributed by atoms with Gasteiger partial charge in [-0.05, 0) is 42.3 Å². The SMILES string of the molecule is Cc1cc2c(NCc3ccc(O)cc3)nc(Cl)nc2s1. The molecule has 102 valence electrons. The van der Waals surface area contributed by atoms with Crippen LogP contribution in [0.3, 0.4) is 0 Å². The highest BCUT2D eigenvalue weighted by Gasteiger charge is 2.09. The summed E-state index contributed by atoms with van der Waals surface area (Å²) in [4.78, 5) is 10.5. The van der Waals surface area contributed by atoms with Gasteiger partial charge in [-0.2, -0.15) is 0 Å². The zero-order valence-corrected chi connectivity index (χ0v) is 12.3. The minimum Gasteiger partial charge on any atom is -0.508 e. The summed E-state index contributed by atoms with van der Waals surface area (Å²) >= 11 is 7.54. The standard InChI is InChI=1S/C14H12ClN3OS/c1-8-6-11-12(17-14(15)18-13(11)20-8)16-7-9-2-4-10(19)5-3-9/h2-6,19H,7H2,1H3,(H,16,17,18). The van der Waals surface area contributed by atoms with Gasteiger partial charge in [-0.15, -0.1) is 11.3 Å². The summed E-state index contributed by atoms with van der Waals surface area (Å²) < 4.78 is 0. The Hall–Kier alpha value is -1.85. The largest absolute Gasteiger partial charge is 0.508 e. The van der Waals surface area contributed by atoms with Gasteiger partial charge in [0.25, 0.3) is 0 Å². The number of phenolic OH excluding ortho intramolecular Hbond substituents is 1. The molecule has 0 aliphatic rings. The molecule has 20 heavy (non-hydrogen) atoms. The molecule has 0 amide bonds. The molecule has 0 radical (unpaired) electrons. The van der Waals surface area contributed by atoms with Crippen LogP contribution in [0, 0.1) is 6.92 Å². The van der Waals surface area contributed by atoms with Gasteiger partial charge in [0, 0.05) is 11.4 Å². The van der Waals surface area contributed by atoms with Crippen molar-refractivity contribution in [3.05, 3.63) is 46.1 Å². The number of nitrogens with one attached hydrogen (secondary N) is 1. The number of aromatic nitrogens is 2. The zero-order valence-electron chi connectivity index (χ0n) is 10.7. The van der Waals surface area contributed by atoms with Gasteiger partial charge in [0.15, 0.2) is 0 Å². The van der Waals surface area contributed by atoms with Crippen molar-refractivity contribution in [2.45, 2.75) is 13.5 Å². The van der Waals surface area contributed by atoms with Gasteiger partial charge in [0.05, 0.1) is 5.39 Å². The first-order chi connectivity index (χ1) is 9.61. The smallest absolute Gasteiger partial charge is 0.225 e. The van der Waals surface area contributed by atoms with Crippen LogP contribution < -0.4 is 5.32 Å². The highest BCUT2D eigenvalue weighted by molar-refractivity contribution is 7.18. The molecule has 0 unspecified atom stereocenters. The van der Waals surface area contributed by atoms with E-state index in [1.54, 1.807) is 23.5 Å². The van der Waals surface area contributed by atoms with Crippen molar-refractivity contribution < 1.29 is 5.11 Å². The van der Waals surface area contributed by atoms with Crippen molar-refractivity contribution in [2.75, 3.05) is 5.32 Å². The first-order valence-electron chi connectivity index (χ1n) is 6.07. The number of halogens is 1. The summed E-state index contributed by atoms with van der Waals surface area (Å²) in [6.45, 7) is 2.64. The fourth-order valence-electron chi connectivity index (χ4n) is 1.95. The molecular weight excluding hydrogens is 294 g/mol. The lowest BCUT2D eigenvalue weighted by molar-refractivity contribution is 0.475. The second-order valence-corrected chi connectivity index (χ2v) is 6.01. The predicted molar refractivity (Wildman–Crippen MR) is 82.6 cm³/mol. The molecule has 3 rings (SSSR count). The van der Waals surface area contributed by atoms with Crippen LogP contribution in [0.5, 0.6) is 5.75 Å². The minimum atomic E-state index is 0.243. The summed E-state index contributed by atoms with van der Waals surface area (Å²) in [6.07, 6.45) is 0. The first kappa shape index (κ1) is 13.1. The zero-order chi connectivity index (χ0) is 14.1. The molecule has 0 aliphatic heterocycles. The molecule has 0 saturated heterocycles. The van der Waals surface area contributed by atoms with Crippen LogP contribution >= 0.6 is 22.9 Å². The van der Waals surface area contributed by atoms with Gasteiger partial charge in [-0.3, -0.25) is 0 Å². The van der Waals surface area contributed by atoms with Gasteiger partial charge in [-0.25, -0.2) is 9.97 Å². The van der Waals surface area contributed by atoms with E-state index in [2.05, 4.69) is 21.4 Å². The third-order valence-corrected chi connectivity index (χ3v) is 4.00. The third-order valence-electron chi connectivity index (χ3n) is 2.88. The van der Waals surface area contributed by atoms with Crippen LogP contribution in [0.25, 0.3) is 10.2 Å². The van der Waals surface area contributed by atoms with Crippen LogP contribution in [0.4, 0.5) is 5.82 Å². The monoisotopic (exact) mass is 305 g/mol. The molecule has 0 spiro atoms. The highest BCUT2D eigenvalue weighted by Crippen LogP contribution is 2.29. The maximum absolute atomic E-state index is 9.27. The van der Waals surface area contributed by atoms with E-state index in [4.69, 9.17) is 11.6 Å². The average molecular weight is 306 g/mol. The van der Waals surface area contributed by atoms with Crippen LogP contribution in [-0.4, -0.2) is 15.1 Å². The summed E-state index contributed by atoms with van der Waals surface area (Å²) in [5.41, 5.74) is 1.05. The number of phenols is 1. The molecule has 6 heteroatoms. The molecule has 1 aromatic carbocycles. The van der Waals surface area contributed by atoms with Crippen molar-refractivity contribution in [3.8, 4) is 5.75 Å². The number of aryl methyl sites for hydroxylation is 1. The van der Waals surface area contributed by atoms with Gasteiger partial charge in [-0.1, -0.05) is 12.1 Å². The molecule has 0 aliphatic carbocycles. The normalized spacial score (nSPS) is 10.9. The Morgan fingerprint density at radius 2 is 2.00 bits per heavy atom. The number of hydrogen-bond donors (Lipinski definition) is 2. The van der Waals surface area contributed by atoms with Gasteiger partial charge >= 0.3 is 0 Å². The Bertz CT molecular complexity index is 755. The third kappa shape index (κ3) is 2.69. The molecule has 2 aromatic heterocycles. The van der Waals surface area contributed by atoms with Gasteiger partial charge in [0.2, 0.25) is 5.28 Å². The Labute approximate surface area is 125 Å². The lowest BCUT2D eigenvalue weighted by atomic mass is 10.2. The molecule has 3 aromatic rings. The van der Waals surface area contributed by atoms with E-state index in [9.17, 15) is 5.11 Å². The quantitative estimate of drug-likeness (QED) is 0.719. The Morgan fingerprint density at radius 1 is 1.25 bits per heavy atom. The van der Waals surface area contributed by atoms with E-state index < -0.39 is 0 Å². The summed E-state index contributed by atoms with van der Waals surface area (Å²) in [7, 11) is 0. The number of hydrogen-bond acceptors (Lipinski definition) is 5. The topological polar surface area (TPSA) is 58.0 Å². The molecule has 0 fully saturated rings. The van der Waals surface area contributed by atoms with E-state index in [-0.39, 0.29) is 11.0 Å². The lowest BCUT2D eigenvalue weighted by Crippen LogP contribution is -2.02. The number of nitrogens with zero attached hydrogens (tertiary/aromatic N) is 2. The number of anilines is 1. The lowest BCUT2D eigenvalue weighted by Gasteiger charge is -2.07. The number of benzene rings is 1. The molecule has 0 saturated carbocycles. The molecule has 4 nitrogen and oxygen atoms in total. The van der Waals surface area contributed by atoms with E-state index in [1.807, 2.05) is 19.1 Å². The molecule has 2 N–H and O–H groups in total. The van der Waals surface area contributed by atoms with Crippen LogP contribution in [0.2, 0.25) is 5.28 Å². The van der Waals surface area contributed by atoms with Crippen molar-refractivity contribution in [3.63, 3.8) is 0 Å². The molecular formula is C14H12ClN3OS. The van der Waals surface area contributed by atoms with Crippen LogP contribution in [0.15, 0.2) is 30.3 Å². The predicted octanol–water partition coefficient (Wildman–Crippen LogP) is 3.97. The molecule has 0 bridgehead atoms. The van der Waals surface area contributed by atoms with Crippen molar-refractivity contribution >= 4 is 39.0 Å². The second kappa shape index (κ2) is 5.26. The van der Waals surface area contributed by atoms with E-state index in [0.29, 0.717) is 6.54 Å². The number of thiophene rings is 1. The molecule has 0 atom stereocenters. The number of aromatic hydroxyl groups is 1. The molecule has 2 heterocycles. The minimum absolute atomic E-state index is 0.243. The highest BCUT2D eigenvalue weighted by atomic mass is 35.5. The van der Waals surface area contributed by atoms with Crippen LogP contribution in [-0.2, 0) is 6.54 Å². The first-order valence-corrected chi connectivity index (χ1v) is 7.27. The fourth-order valence-corrected chi connectivity index (χ4v) is 3.05.